The monoisotopic (exact) mass is 219 g/mol. The van der Waals surface area contributed by atoms with Crippen molar-refractivity contribution in [2.24, 2.45) is 5.18 Å². The van der Waals surface area contributed by atoms with Crippen molar-refractivity contribution in [3.05, 3.63) is 28.2 Å². The Morgan fingerprint density at radius 1 is 1.19 bits per heavy atom. The fraction of sp³-hybridized carbons (Fsp3) is 0.500. The van der Waals surface area contributed by atoms with Gasteiger partial charge in [-0.2, -0.15) is 4.91 Å². The topological polar surface area (TPSA) is 47.9 Å². The predicted molar refractivity (Wildman–Crippen MR) is 58.9 cm³/mol. The number of ether oxygens (including phenoxy) is 2. The lowest BCUT2D eigenvalue weighted by Crippen LogP contribution is -2.17. The van der Waals surface area contributed by atoms with E-state index in [4.69, 9.17) is 9.47 Å². The van der Waals surface area contributed by atoms with Gasteiger partial charge in [0.25, 0.3) is 0 Å². The Balaban J connectivity index is 2.08. The molecule has 1 aliphatic heterocycles. The lowest BCUT2D eigenvalue weighted by molar-refractivity contribution is 0.171. The predicted octanol–water partition coefficient (Wildman–Crippen LogP) is 2.60. The Hall–Kier alpha value is -1.58. The highest BCUT2D eigenvalue weighted by Crippen LogP contribution is 2.40. The first kappa shape index (κ1) is 9.63. The molecule has 0 amide bonds. The van der Waals surface area contributed by atoms with E-state index in [-0.39, 0.29) is 6.04 Å². The van der Waals surface area contributed by atoms with Gasteiger partial charge < -0.3 is 9.47 Å². The summed E-state index contributed by atoms with van der Waals surface area (Å²) >= 11 is 0. The third-order valence-electron chi connectivity index (χ3n) is 3.21. The molecule has 4 heteroatoms. The molecule has 0 bridgehead atoms. The van der Waals surface area contributed by atoms with Crippen LogP contribution in [0.25, 0.3) is 0 Å². The van der Waals surface area contributed by atoms with Crippen LogP contribution < -0.4 is 9.47 Å². The number of fused-ring (bicyclic) bond motifs is 2. The molecule has 1 aromatic carbocycles. The lowest BCUT2D eigenvalue weighted by atomic mass is 9.87. The van der Waals surface area contributed by atoms with Crippen molar-refractivity contribution in [1.82, 2.24) is 0 Å². The lowest BCUT2D eigenvalue weighted by Gasteiger charge is -2.25. The molecule has 0 radical (unpaired) electrons. The molecule has 0 aromatic heterocycles. The minimum atomic E-state index is -0.209. The molecule has 3 rings (SSSR count). The number of aryl methyl sites for hydroxylation is 1. The van der Waals surface area contributed by atoms with Gasteiger partial charge in [0.2, 0.25) is 0 Å². The van der Waals surface area contributed by atoms with Crippen molar-refractivity contribution in [3.63, 3.8) is 0 Å². The summed E-state index contributed by atoms with van der Waals surface area (Å²) in [6, 6.07) is 3.72. The zero-order valence-corrected chi connectivity index (χ0v) is 8.94. The van der Waals surface area contributed by atoms with Crippen LogP contribution in [0.4, 0.5) is 0 Å². The number of hydrogen-bond acceptors (Lipinski definition) is 4. The van der Waals surface area contributed by atoms with E-state index in [2.05, 4.69) is 5.18 Å². The van der Waals surface area contributed by atoms with Crippen LogP contribution in [-0.2, 0) is 6.42 Å². The Kier molecular flexibility index (Phi) is 2.27. The van der Waals surface area contributed by atoms with Gasteiger partial charge >= 0.3 is 0 Å². The summed E-state index contributed by atoms with van der Waals surface area (Å²) in [5.41, 5.74) is 2.20. The number of hydrogen-bond donors (Lipinski definition) is 0. The zero-order chi connectivity index (χ0) is 11.0. The molecule has 0 spiro atoms. The summed E-state index contributed by atoms with van der Waals surface area (Å²) in [6.07, 6.45) is 2.86. The number of nitroso groups, excluding NO2 is 1. The highest BCUT2D eigenvalue weighted by Gasteiger charge is 2.24. The summed E-state index contributed by atoms with van der Waals surface area (Å²) in [7, 11) is 0. The molecule has 0 fully saturated rings. The molecule has 16 heavy (non-hydrogen) atoms. The molecule has 1 aliphatic carbocycles. The highest BCUT2D eigenvalue weighted by atomic mass is 16.6. The van der Waals surface area contributed by atoms with E-state index >= 15 is 0 Å². The van der Waals surface area contributed by atoms with Crippen LogP contribution in [-0.4, -0.2) is 13.2 Å². The van der Waals surface area contributed by atoms with Gasteiger partial charge in [-0.1, -0.05) is 5.18 Å². The van der Waals surface area contributed by atoms with Gasteiger partial charge in [-0.25, -0.2) is 0 Å². The van der Waals surface area contributed by atoms with Crippen molar-refractivity contribution in [2.45, 2.75) is 25.3 Å². The van der Waals surface area contributed by atoms with Crippen molar-refractivity contribution < 1.29 is 9.47 Å². The van der Waals surface area contributed by atoms with E-state index in [1.165, 1.54) is 5.56 Å². The van der Waals surface area contributed by atoms with Crippen molar-refractivity contribution in [2.75, 3.05) is 13.2 Å². The third kappa shape index (κ3) is 1.45. The maximum absolute atomic E-state index is 10.8. The van der Waals surface area contributed by atoms with Gasteiger partial charge in [0.15, 0.2) is 11.5 Å². The van der Waals surface area contributed by atoms with Gasteiger partial charge in [0.1, 0.15) is 19.3 Å². The summed E-state index contributed by atoms with van der Waals surface area (Å²) in [5, 5.41) is 3.19. The second-order valence-electron chi connectivity index (χ2n) is 4.21. The number of rotatable bonds is 1. The van der Waals surface area contributed by atoms with Crippen LogP contribution in [0, 0.1) is 4.91 Å². The van der Waals surface area contributed by atoms with E-state index in [1.807, 2.05) is 12.1 Å². The Morgan fingerprint density at radius 2 is 1.94 bits per heavy atom. The van der Waals surface area contributed by atoms with Crippen LogP contribution >= 0.6 is 0 Å². The number of benzene rings is 1. The Morgan fingerprint density at radius 3 is 2.69 bits per heavy atom. The fourth-order valence-corrected chi connectivity index (χ4v) is 2.42. The van der Waals surface area contributed by atoms with Gasteiger partial charge in [-0.3, -0.25) is 0 Å². The van der Waals surface area contributed by atoms with E-state index in [0.717, 1.165) is 36.3 Å². The van der Waals surface area contributed by atoms with E-state index < -0.39 is 0 Å². The maximum Gasteiger partial charge on any atom is 0.161 e. The molecule has 1 aromatic rings. The van der Waals surface area contributed by atoms with Crippen LogP contribution in [0.2, 0.25) is 0 Å². The Labute approximate surface area is 93.5 Å². The summed E-state index contributed by atoms with van der Waals surface area (Å²) in [4.78, 5) is 10.8. The third-order valence-corrected chi connectivity index (χ3v) is 3.21. The minimum absolute atomic E-state index is 0.209. The summed E-state index contributed by atoms with van der Waals surface area (Å²) in [6.45, 7) is 1.17. The molecule has 4 nitrogen and oxygen atoms in total. The molecular formula is C12H13NO3. The van der Waals surface area contributed by atoms with E-state index in [0.29, 0.717) is 13.2 Å². The minimum Gasteiger partial charge on any atom is -0.486 e. The highest BCUT2D eigenvalue weighted by molar-refractivity contribution is 5.50. The zero-order valence-electron chi connectivity index (χ0n) is 8.94. The first-order valence-corrected chi connectivity index (χ1v) is 5.63. The van der Waals surface area contributed by atoms with Gasteiger partial charge in [0, 0.05) is 0 Å². The first-order chi connectivity index (χ1) is 7.88. The van der Waals surface area contributed by atoms with Gasteiger partial charge in [-0.05, 0) is 42.5 Å². The van der Waals surface area contributed by atoms with Crippen molar-refractivity contribution in [3.8, 4) is 11.5 Å². The standard InChI is InChI=1S/C12H13NO3/c14-13-10-3-1-2-8-6-11-12(7-9(8)10)16-5-4-15-11/h6-7,10H,1-5H2. The van der Waals surface area contributed by atoms with Crippen LogP contribution in [0.3, 0.4) is 0 Å². The second kappa shape index (κ2) is 3.77. The molecule has 1 atom stereocenters. The van der Waals surface area contributed by atoms with Crippen LogP contribution in [0.5, 0.6) is 11.5 Å². The first-order valence-electron chi connectivity index (χ1n) is 5.63. The summed E-state index contributed by atoms with van der Waals surface area (Å²) < 4.78 is 11.0. The molecule has 84 valence electrons. The van der Waals surface area contributed by atoms with Crippen molar-refractivity contribution >= 4 is 0 Å². The Bertz CT molecular complexity index is 431. The molecule has 1 unspecified atom stereocenters. The molecule has 2 aliphatic rings. The average molecular weight is 219 g/mol. The van der Waals surface area contributed by atoms with Crippen molar-refractivity contribution in [1.29, 1.82) is 0 Å². The quantitative estimate of drug-likeness (QED) is 0.682. The van der Waals surface area contributed by atoms with E-state index in [1.54, 1.807) is 0 Å². The smallest absolute Gasteiger partial charge is 0.161 e. The summed E-state index contributed by atoms with van der Waals surface area (Å²) in [5.74, 6) is 1.55. The molecule has 0 N–H and O–H groups in total. The van der Waals surface area contributed by atoms with Crippen LogP contribution in [0.15, 0.2) is 17.3 Å². The molecular weight excluding hydrogens is 206 g/mol. The largest absolute Gasteiger partial charge is 0.486 e. The molecule has 1 heterocycles. The molecule has 0 saturated carbocycles. The van der Waals surface area contributed by atoms with Crippen LogP contribution in [0.1, 0.15) is 30.0 Å². The molecule has 0 saturated heterocycles. The average Bonchev–Trinajstić information content (AvgIpc) is 2.35. The second-order valence-corrected chi connectivity index (χ2v) is 4.21. The maximum atomic E-state index is 10.8. The van der Waals surface area contributed by atoms with Gasteiger partial charge in [0.05, 0.1) is 0 Å². The SMILES string of the molecule is O=NC1CCCc2cc3c(cc21)OCCO3. The number of nitrogens with zero attached hydrogens (tertiary/aromatic N) is 1. The normalized spacial score (nSPS) is 22.4. The van der Waals surface area contributed by atoms with E-state index in [9.17, 15) is 4.91 Å². The fourth-order valence-electron chi connectivity index (χ4n) is 2.42. The van der Waals surface area contributed by atoms with Gasteiger partial charge in [-0.15, -0.1) is 0 Å².